The minimum atomic E-state index is 0.160. The molecular formula is C14H20N2O2. The Labute approximate surface area is 107 Å². The molecule has 4 nitrogen and oxygen atoms in total. The first-order valence-corrected chi connectivity index (χ1v) is 6.49. The van der Waals surface area contributed by atoms with E-state index < -0.39 is 0 Å². The molecular weight excluding hydrogens is 228 g/mol. The molecule has 1 aromatic rings. The molecule has 0 bridgehead atoms. The smallest absolute Gasteiger partial charge is 0.231 e. The van der Waals surface area contributed by atoms with Crippen LogP contribution in [-0.4, -0.2) is 30.7 Å². The molecule has 0 radical (unpaired) electrons. The lowest BCUT2D eigenvalue weighted by atomic mass is 10.1. The predicted molar refractivity (Wildman–Crippen MR) is 71.6 cm³/mol. The molecule has 2 rings (SSSR count). The zero-order chi connectivity index (χ0) is 13.0. The van der Waals surface area contributed by atoms with E-state index in [1.165, 1.54) is 5.56 Å². The second-order valence-corrected chi connectivity index (χ2v) is 4.65. The summed E-state index contributed by atoms with van der Waals surface area (Å²) in [7, 11) is 0. The first kappa shape index (κ1) is 13.1. The van der Waals surface area contributed by atoms with E-state index in [0.717, 1.165) is 30.5 Å². The standard InChI is InChI=1S/C14H20N2O2/c15-6-5-11-3-4-13-12(9-11)10-14(18)16(13)7-1-2-8-17/h3-4,9,17H,1-2,5-8,10,15H2. The highest BCUT2D eigenvalue weighted by Gasteiger charge is 2.26. The summed E-state index contributed by atoms with van der Waals surface area (Å²) in [5, 5.41) is 8.78. The normalized spacial score (nSPS) is 14.1. The van der Waals surface area contributed by atoms with Crippen LogP contribution in [0.1, 0.15) is 24.0 Å². The average Bonchev–Trinajstić information content (AvgIpc) is 2.66. The molecule has 98 valence electrons. The molecule has 3 N–H and O–H groups in total. The summed E-state index contributed by atoms with van der Waals surface area (Å²) in [6.07, 6.45) is 2.93. The van der Waals surface area contributed by atoms with Crippen molar-refractivity contribution in [3.63, 3.8) is 0 Å². The van der Waals surface area contributed by atoms with Gasteiger partial charge in [0.2, 0.25) is 5.91 Å². The Morgan fingerprint density at radius 1 is 1.33 bits per heavy atom. The number of unbranched alkanes of at least 4 members (excludes halogenated alkanes) is 1. The number of rotatable bonds is 6. The molecule has 0 saturated heterocycles. The van der Waals surface area contributed by atoms with Gasteiger partial charge in [-0.1, -0.05) is 12.1 Å². The highest BCUT2D eigenvalue weighted by Crippen LogP contribution is 2.30. The van der Waals surface area contributed by atoms with Crippen LogP contribution >= 0.6 is 0 Å². The number of amides is 1. The van der Waals surface area contributed by atoms with Crippen molar-refractivity contribution < 1.29 is 9.90 Å². The molecule has 1 amide bonds. The minimum Gasteiger partial charge on any atom is -0.396 e. The van der Waals surface area contributed by atoms with Crippen molar-refractivity contribution in [1.82, 2.24) is 0 Å². The molecule has 1 aromatic carbocycles. The van der Waals surface area contributed by atoms with Crippen LogP contribution in [0.15, 0.2) is 18.2 Å². The largest absolute Gasteiger partial charge is 0.396 e. The van der Waals surface area contributed by atoms with Gasteiger partial charge in [-0.05, 0) is 43.0 Å². The third-order valence-electron chi connectivity index (χ3n) is 3.30. The second kappa shape index (κ2) is 5.98. The fraction of sp³-hybridized carbons (Fsp3) is 0.500. The van der Waals surface area contributed by atoms with Crippen LogP contribution in [0.25, 0.3) is 0 Å². The highest BCUT2D eigenvalue weighted by atomic mass is 16.3. The Balaban J connectivity index is 2.11. The summed E-state index contributed by atoms with van der Waals surface area (Å²) in [4.78, 5) is 13.8. The molecule has 0 unspecified atom stereocenters. The third-order valence-corrected chi connectivity index (χ3v) is 3.30. The van der Waals surface area contributed by atoms with Gasteiger partial charge in [0.1, 0.15) is 0 Å². The molecule has 1 heterocycles. The maximum Gasteiger partial charge on any atom is 0.231 e. The van der Waals surface area contributed by atoms with E-state index in [-0.39, 0.29) is 12.5 Å². The lowest BCUT2D eigenvalue weighted by Crippen LogP contribution is -2.27. The zero-order valence-corrected chi connectivity index (χ0v) is 10.6. The minimum absolute atomic E-state index is 0.160. The Morgan fingerprint density at radius 3 is 2.89 bits per heavy atom. The van der Waals surface area contributed by atoms with Gasteiger partial charge in [0, 0.05) is 18.8 Å². The molecule has 0 spiro atoms. The molecule has 0 fully saturated rings. The Morgan fingerprint density at radius 2 is 2.17 bits per heavy atom. The topological polar surface area (TPSA) is 66.6 Å². The number of anilines is 1. The molecule has 18 heavy (non-hydrogen) atoms. The molecule has 4 heteroatoms. The summed E-state index contributed by atoms with van der Waals surface area (Å²) in [5.41, 5.74) is 8.87. The number of carbonyl (C=O) groups excluding carboxylic acids is 1. The Hall–Kier alpha value is -1.39. The number of benzene rings is 1. The maximum atomic E-state index is 11.9. The van der Waals surface area contributed by atoms with E-state index in [2.05, 4.69) is 6.07 Å². The van der Waals surface area contributed by atoms with Crippen LogP contribution in [0.2, 0.25) is 0 Å². The Kier molecular flexibility index (Phi) is 4.33. The number of hydrogen-bond donors (Lipinski definition) is 2. The predicted octanol–water partition coefficient (Wildman–Crippen LogP) is 0.849. The molecule has 1 aliphatic rings. The highest BCUT2D eigenvalue weighted by molar-refractivity contribution is 6.01. The van der Waals surface area contributed by atoms with Crippen molar-refractivity contribution in [1.29, 1.82) is 0 Å². The van der Waals surface area contributed by atoms with Crippen LogP contribution in [0, 0.1) is 0 Å². The molecule has 0 aromatic heterocycles. The number of hydrogen-bond acceptors (Lipinski definition) is 3. The molecule has 0 atom stereocenters. The van der Waals surface area contributed by atoms with Gasteiger partial charge in [0.25, 0.3) is 0 Å². The third kappa shape index (κ3) is 2.71. The second-order valence-electron chi connectivity index (χ2n) is 4.65. The summed E-state index contributed by atoms with van der Waals surface area (Å²) < 4.78 is 0. The van der Waals surface area contributed by atoms with E-state index in [4.69, 9.17) is 10.8 Å². The van der Waals surface area contributed by atoms with E-state index in [0.29, 0.717) is 19.5 Å². The average molecular weight is 248 g/mol. The van der Waals surface area contributed by atoms with Gasteiger partial charge in [-0.15, -0.1) is 0 Å². The zero-order valence-electron chi connectivity index (χ0n) is 10.6. The van der Waals surface area contributed by atoms with Crippen molar-refractivity contribution in [3.05, 3.63) is 29.3 Å². The molecule has 1 aliphatic heterocycles. The summed E-state index contributed by atoms with van der Waals surface area (Å²) in [6.45, 7) is 1.51. The van der Waals surface area contributed by atoms with Crippen LogP contribution in [-0.2, 0) is 17.6 Å². The van der Waals surface area contributed by atoms with Crippen molar-refractivity contribution in [3.8, 4) is 0 Å². The quantitative estimate of drug-likeness (QED) is 0.733. The van der Waals surface area contributed by atoms with Gasteiger partial charge < -0.3 is 15.7 Å². The van der Waals surface area contributed by atoms with Gasteiger partial charge in [0.15, 0.2) is 0 Å². The lowest BCUT2D eigenvalue weighted by Gasteiger charge is -2.17. The summed E-state index contributed by atoms with van der Waals surface area (Å²) in [6, 6.07) is 6.15. The monoisotopic (exact) mass is 248 g/mol. The van der Waals surface area contributed by atoms with Gasteiger partial charge in [-0.3, -0.25) is 4.79 Å². The first-order valence-electron chi connectivity index (χ1n) is 6.49. The number of aliphatic hydroxyl groups is 1. The van der Waals surface area contributed by atoms with Crippen molar-refractivity contribution in [2.45, 2.75) is 25.7 Å². The van der Waals surface area contributed by atoms with Gasteiger partial charge >= 0.3 is 0 Å². The van der Waals surface area contributed by atoms with Gasteiger partial charge in [0.05, 0.1) is 6.42 Å². The van der Waals surface area contributed by atoms with E-state index in [9.17, 15) is 4.79 Å². The number of nitrogens with two attached hydrogens (primary N) is 1. The van der Waals surface area contributed by atoms with Gasteiger partial charge in [-0.25, -0.2) is 0 Å². The molecule has 0 aliphatic carbocycles. The van der Waals surface area contributed by atoms with Gasteiger partial charge in [-0.2, -0.15) is 0 Å². The molecule has 0 saturated carbocycles. The lowest BCUT2D eigenvalue weighted by molar-refractivity contribution is -0.117. The number of fused-ring (bicyclic) bond motifs is 1. The van der Waals surface area contributed by atoms with Crippen LogP contribution < -0.4 is 10.6 Å². The summed E-state index contributed by atoms with van der Waals surface area (Å²) >= 11 is 0. The Bertz CT molecular complexity index is 432. The maximum absolute atomic E-state index is 11.9. The van der Waals surface area contributed by atoms with Crippen molar-refractivity contribution >= 4 is 11.6 Å². The van der Waals surface area contributed by atoms with Crippen molar-refractivity contribution in [2.24, 2.45) is 5.73 Å². The SMILES string of the molecule is NCCc1ccc2c(c1)CC(=O)N2CCCCO. The first-order chi connectivity index (χ1) is 8.76. The fourth-order valence-electron chi connectivity index (χ4n) is 2.39. The number of carbonyl (C=O) groups is 1. The van der Waals surface area contributed by atoms with E-state index in [1.807, 2.05) is 17.0 Å². The number of aliphatic hydroxyl groups excluding tert-OH is 1. The summed E-state index contributed by atoms with van der Waals surface area (Å²) in [5.74, 6) is 0.160. The van der Waals surface area contributed by atoms with E-state index >= 15 is 0 Å². The van der Waals surface area contributed by atoms with Crippen LogP contribution in [0.4, 0.5) is 5.69 Å². The van der Waals surface area contributed by atoms with Crippen LogP contribution in [0.3, 0.4) is 0 Å². The van der Waals surface area contributed by atoms with E-state index in [1.54, 1.807) is 0 Å². The fourth-order valence-corrected chi connectivity index (χ4v) is 2.39. The number of nitrogens with zero attached hydrogens (tertiary/aromatic N) is 1. The van der Waals surface area contributed by atoms with Crippen LogP contribution in [0.5, 0.6) is 0 Å². The van der Waals surface area contributed by atoms with Crippen molar-refractivity contribution in [2.75, 3.05) is 24.6 Å².